The maximum atomic E-state index is 12.1. The monoisotopic (exact) mass is 944 g/mol. The molecule has 320 valence electrons. The lowest BCUT2D eigenvalue weighted by Crippen LogP contribution is -2.17. The summed E-state index contributed by atoms with van der Waals surface area (Å²) in [5, 5.41) is 27.2. The standard InChI is InChI=1S/C26H28N10O14S5.O3S/c27-18-13-20(30-26-32-24(28-7-10-53(42,43)44)31-25(33-26)29-15-3-1-4-17(11-15)54(45,46)47)21(14-22(18)51-8-2-9-52(39,40)41)35-34-19-6-5-16(36(37)38)12-23(19)55(48,49)50;1-4(2)3/h1,3-6,11-14H,2,7-10,27H2,(H,39,40,41)(H,42,43,44)(H,45,46,47)(H,48,49,50)(H3,28,29,30,31,32,33);. The molecule has 0 bridgehead atoms. The SMILES string of the molecule is Nc1cc(Nc2nc(NCCS(=O)(=O)O)nc(Nc3cccc(S(=O)(=O)O)c3)n2)c(N=Nc2ccc([N+](=O)[O-])cc2S(=O)(=O)O)cc1SCCCS(=O)(=O)O.O=S(=O)=O. The third kappa shape index (κ3) is 16.7. The Labute approximate surface area is 339 Å². The van der Waals surface area contributed by atoms with E-state index in [0.717, 1.165) is 36.0 Å². The molecular formula is C26H28N10O17S6. The molecule has 0 aliphatic rings. The number of anilines is 6. The van der Waals surface area contributed by atoms with E-state index in [1.807, 2.05) is 0 Å². The number of nitrogens with two attached hydrogens (primary N) is 1. The number of nitro benzene ring substituents is 1. The van der Waals surface area contributed by atoms with E-state index in [2.05, 4.69) is 41.1 Å². The first-order valence-corrected chi connectivity index (χ1v) is 23.3. The summed E-state index contributed by atoms with van der Waals surface area (Å²) >= 11 is 1.04. The van der Waals surface area contributed by atoms with Crippen LogP contribution in [0.4, 0.5) is 52.0 Å². The van der Waals surface area contributed by atoms with Gasteiger partial charge in [0.2, 0.25) is 17.8 Å². The molecule has 0 aliphatic heterocycles. The zero-order valence-electron chi connectivity index (χ0n) is 29.0. The van der Waals surface area contributed by atoms with Crippen LogP contribution >= 0.6 is 11.8 Å². The van der Waals surface area contributed by atoms with Crippen molar-refractivity contribution in [1.29, 1.82) is 0 Å². The topological polar surface area (TPSA) is 437 Å². The van der Waals surface area contributed by atoms with E-state index in [1.54, 1.807) is 0 Å². The highest BCUT2D eigenvalue weighted by molar-refractivity contribution is 7.99. The molecule has 0 saturated carbocycles. The van der Waals surface area contributed by atoms with E-state index < -0.39 is 95.2 Å². The number of nitrogens with one attached hydrogen (secondary N) is 3. The average molecular weight is 945 g/mol. The first-order valence-electron chi connectivity index (χ1n) is 15.2. The molecule has 4 aromatic rings. The number of nitrogens with zero attached hydrogens (tertiary/aromatic N) is 6. The van der Waals surface area contributed by atoms with Crippen LogP contribution in [0, 0.1) is 10.1 Å². The lowest BCUT2D eigenvalue weighted by atomic mass is 10.2. The summed E-state index contributed by atoms with van der Waals surface area (Å²) in [6, 6.07) is 9.82. The Balaban J connectivity index is 0.00000222. The van der Waals surface area contributed by atoms with Crippen LogP contribution in [0.1, 0.15) is 6.42 Å². The predicted molar refractivity (Wildman–Crippen MR) is 207 cm³/mol. The van der Waals surface area contributed by atoms with E-state index in [4.69, 9.17) is 27.5 Å². The molecule has 0 atom stereocenters. The molecule has 0 spiro atoms. The summed E-state index contributed by atoms with van der Waals surface area (Å²) in [4.78, 5) is 21.6. The number of aromatic nitrogens is 3. The molecule has 0 fully saturated rings. The summed E-state index contributed by atoms with van der Waals surface area (Å²) < 4.78 is 155. The molecule has 33 heteroatoms. The first kappa shape index (κ1) is 47.9. The normalized spacial score (nSPS) is 12.0. The molecule has 0 unspecified atom stereocenters. The number of nitro groups is 1. The second-order valence-electron chi connectivity index (χ2n) is 11.0. The molecule has 4 rings (SSSR count). The number of thioether (sulfide) groups is 1. The molecule has 59 heavy (non-hydrogen) atoms. The number of hydrogen-bond acceptors (Lipinski definition) is 23. The van der Waals surface area contributed by atoms with Crippen LogP contribution in [-0.4, -0.2) is 108 Å². The van der Waals surface area contributed by atoms with Gasteiger partial charge in [-0.2, -0.15) is 48.6 Å². The van der Waals surface area contributed by atoms with Gasteiger partial charge >= 0.3 is 10.6 Å². The maximum Gasteiger partial charge on any atom is 0.425 e. The molecule has 1 aromatic heterocycles. The van der Waals surface area contributed by atoms with Crippen LogP contribution in [0.2, 0.25) is 0 Å². The van der Waals surface area contributed by atoms with Gasteiger partial charge in [0.15, 0.2) is 0 Å². The van der Waals surface area contributed by atoms with Crippen LogP contribution in [0.25, 0.3) is 0 Å². The zero-order chi connectivity index (χ0) is 44.3. The van der Waals surface area contributed by atoms with Crippen molar-refractivity contribution in [1.82, 2.24) is 15.0 Å². The number of azo groups is 1. The van der Waals surface area contributed by atoms with Gasteiger partial charge in [0.05, 0.1) is 27.0 Å². The average Bonchev–Trinajstić information content (AvgIpc) is 3.08. The van der Waals surface area contributed by atoms with Crippen LogP contribution in [0.3, 0.4) is 0 Å². The number of hydrogen-bond donors (Lipinski definition) is 8. The van der Waals surface area contributed by atoms with Gasteiger partial charge in [-0.1, -0.05) is 6.07 Å². The molecule has 0 amide bonds. The Morgan fingerprint density at radius 3 is 1.93 bits per heavy atom. The third-order valence-electron chi connectivity index (χ3n) is 6.54. The van der Waals surface area contributed by atoms with Crippen LogP contribution in [0.5, 0.6) is 0 Å². The minimum atomic E-state index is -5.07. The highest BCUT2D eigenvalue weighted by atomic mass is 32.2. The number of benzene rings is 3. The van der Waals surface area contributed by atoms with Crippen molar-refractivity contribution in [3.8, 4) is 0 Å². The van der Waals surface area contributed by atoms with Crippen molar-refractivity contribution >= 4 is 115 Å². The highest BCUT2D eigenvalue weighted by Gasteiger charge is 2.21. The van der Waals surface area contributed by atoms with E-state index >= 15 is 0 Å². The zero-order valence-corrected chi connectivity index (χ0v) is 33.9. The Bertz CT molecular complexity index is 2820. The Morgan fingerprint density at radius 1 is 0.763 bits per heavy atom. The van der Waals surface area contributed by atoms with Gasteiger partial charge in [0, 0.05) is 34.9 Å². The van der Waals surface area contributed by atoms with Crippen molar-refractivity contribution < 1.29 is 69.4 Å². The fourth-order valence-electron chi connectivity index (χ4n) is 4.17. The fourth-order valence-corrected chi connectivity index (χ4v) is 7.32. The van der Waals surface area contributed by atoms with Gasteiger partial charge in [-0.25, -0.2) is 0 Å². The van der Waals surface area contributed by atoms with E-state index in [9.17, 15) is 52.9 Å². The number of non-ortho nitro benzene ring substituents is 1. The molecule has 9 N–H and O–H groups in total. The summed E-state index contributed by atoms with van der Waals surface area (Å²) in [5.74, 6) is -2.09. The van der Waals surface area contributed by atoms with Crippen molar-refractivity contribution in [2.45, 2.75) is 21.1 Å². The fraction of sp³-hybridized carbons (Fsp3) is 0.192. The molecule has 0 radical (unpaired) electrons. The number of rotatable bonds is 18. The largest absolute Gasteiger partial charge is 0.425 e. The molecule has 27 nitrogen and oxygen atoms in total. The van der Waals surface area contributed by atoms with Gasteiger partial charge in [-0.05, 0) is 48.6 Å². The smallest absolute Gasteiger partial charge is 0.398 e. The second-order valence-corrected chi connectivity index (χ2v) is 18.5. The summed E-state index contributed by atoms with van der Waals surface area (Å²) in [6.07, 6.45) is 0.00143. The van der Waals surface area contributed by atoms with Crippen molar-refractivity contribution in [2.24, 2.45) is 10.2 Å². The van der Waals surface area contributed by atoms with Crippen molar-refractivity contribution in [3.05, 3.63) is 64.7 Å². The minimum Gasteiger partial charge on any atom is -0.398 e. The van der Waals surface area contributed by atoms with Gasteiger partial charge in [0.25, 0.3) is 46.2 Å². The summed E-state index contributed by atoms with van der Waals surface area (Å²) in [6.45, 7) is -0.402. The van der Waals surface area contributed by atoms with E-state index in [0.29, 0.717) is 6.07 Å². The van der Waals surface area contributed by atoms with Crippen molar-refractivity contribution in [2.75, 3.05) is 45.5 Å². The first-order chi connectivity index (χ1) is 27.2. The molecule has 3 aromatic carbocycles. The Morgan fingerprint density at radius 2 is 1.36 bits per heavy atom. The maximum absolute atomic E-state index is 12.1. The van der Waals surface area contributed by atoms with E-state index in [-0.39, 0.29) is 57.7 Å². The van der Waals surface area contributed by atoms with Gasteiger partial charge in [-0.3, -0.25) is 28.3 Å². The predicted octanol–water partition coefficient (Wildman–Crippen LogP) is 2.42. The summed E-state index contributed by atoms with van der Waals surface area (Å²) in [7, 11) is -21.5. The highest BCUT2D eigenvalue weighted by Crippen LogP contribution is 2.39. The van der Waals surface area contributed by atoms with Crippen LogP contribution < -0.4 is 21.7 Å². The summed E-state index contributed by atoms with van der Waals surface area (Å²) in [5.41, 5.74) is 4.98. The number of nitrogen functional groups attached to an aromatic ring is 1. The van der Waals surface area contributed by atoms with Crippen molar-refractivity contribution in [3.63, 3.8) is 0 Å². The van der Waals surface area contributed by atoms with Gasteiger partial charge in [-0.15, -0.1) is 34.6 Å². The van der Waals surface area contributed by atoms with E-state index in [1.165, 1.54) is 24.3 Å². The van der Waals surface area contributed by atoms with Gasteiger partial charge < -0.3 is 21.7 Å². The van der Waals surface area contributed by atoms with Gasteiger partial charge in [0.1, 0.15) is 16.3 Å². The molecule has 1 heterocycles. The molecular weight excluding hydrogens is 917 g/mol. The lowest BCUT2D eigenvalue weighted by Gasteiger charge is -2.14. The Kier molecular flexibility index (Phi) is 16.2. The third-order valence-corrected chi connectivity index (χ3v) is 11.0. The minimum absolute atomic E-state index is 0.00143. The Hall–Kier alpha value is -5.52. The second kappa shape index (κ2) is 20.0. The van der Waals surface area contributed by atoms with Crippen LogP contribution in [-0.2, 0) is 51.1 Å². The van der Waals surface area contributed by atoms with Crippen LogP contribution in [0.15, 0.2) is 79.5 Å². The molecule has 0 saturated heterocycles. The lowest BCUT2D eigenvalue weighted by molar-refractivity contribution is -0.385. The quantitative estimate of drug-likeness (QED) is 0.0135. The molecule has 0 aliphatic carbocycles.